The number of nitrogens with zero attached hydrogens (tertiary/aromatic N) is 2. The zero-order chi connectivity index (χ0) is 15.2. The lowest BCUT2D eigenvalue weighted by molar-refractivity contribution is -0.385. The molecule has 2 rings (SSSR count). The van der Waals surface area contributed by atoms with Crippen molar-refractivity contribution in [3.05, 3.63) is 28.3 Å². The van der Waals surface area contributed by atoms with Crippen LogP contribution in [0.4, 0.5) is 11.4 Å². The summed E-state index contributed by atoms with van der Waals surface area (Å²) in [4.78, 5) is 12.8. The molecule has 6 nitrogen and oxygen atoms in total. The number of hydrogen-bond acceptors (Lipinski definition) is 5. The van der Waals surface area contributed by atoms with E-state index < -0.39 is 4.92 Å². The van der Waals surface area contributed by atoms with Gasteiger partial charge in [0.1, 0.15) is 0 Å². The number of ether oxygens (including phenoxy) is 1. The number of aliphatic hydroxyl groups excluding tert-OH is 1. The highest BCUT2D eigenvalue weighted by Gasteiger charge is 2.22. The van der Waals surface area contributed by atoms with Gasteiger partial charge in [-0.2, -0.15) is 0 Å². The Labute approximate surface area is 124 Å². The Hall–Kier alpha value is -1.82. The van der Waals surface area contributed by atoms with E-state index >= 15 is 0 Å². The molecule has 1 N–H and O–H groups in total. The van der Waals surface area contributed by atoms with Gasteiger partial charge in [-0.1, -0.05) is 6.92 Å². The number of anilines is 1. The van der Waals surface area contributed by atoms with Crippen molar-refractivity contribution in [3.63, 3.8) is 0 Å². The van der Waals surface area contributed by atoms with Crippen LogP contribution in [0.1, 0.15) is 26.2 Å². The first-order valence-corrected chi connectivity index (χ1v) is 7.42. The van der Waals surface area contributed by atoms with Crippen molar-refractivity contribution in [3.8, 4) is 5.75 Å². The van der Waals surface area contributed by atoms with E-state index in [1.807, 2.05) is 6.92 Å². The van der Waals surface area contributed by atoms with Crippen LogP contribution in [0.2, 0.25) is 0 Å². The maximum absolute atomic E-state index is 11.0. The average molecular weight is 294 g/mol. The Balaban J connectivity index is 2.21. The van der Waals surface area contributed by atoms with E-state index in [9.17, 15) is 15.2 Å². The summed E-state index contributed by atoms with van der Waals surface area (Å²) in [5, 5.41) is 20.4. The van der Waals surface area contributed by atoms with Gasteiger partial charge in [0.2, 0.25) is 0 Å². The molecule has 1 saturated heterocycles. The Kier molecular flexibility index (Phi) is 5.38. The van der Waals surface area contributed by atoms with Crippen LogP contribution in [-0.2, 0) is 0 Å². The zero-order valence-electron chi connectivity index (χ0n) is 12.3. The van der Waals surface area contributed by atoms with E-state index in [1.165, 1.54) is 6.07 Å². The van der Waals surface area contributed by atoms with Crippen molar-refractivity contribution < 1.29 is 14.8 Å². The van der Waals surface area contributed by atoms with Gasteiger partial charge in [0, 0.05) is 37.5 Å². The summed E-state index contributed by atoms with van der Waals surface area (Å²) in [6.07, 6.45) is 2.85. The van der Waals surface area contributed by atoms with E-state index in [4.69, 9.17) is 4.74 Å². The summed E-state index contributed by atoms with van der Waals surface area (Å²) < 4.78 is 5.51. The van der Waals surface area contributed by atoms with Crippen LogP contribution in [0.3, 0.4) is 0 Å². The Morgan fingerprint density at radius 1 is 1.52 bits per heavy atom. The molecular weight excluding hydrogens is 272 g/mol. The summed E-state index contributed by atoms with van der Waals surface area (Å²) in [6.45, 7) is 4.29. The summed E-state index contributed by atoms with van der Waals surface area (Å²) in [7, 11) is 0. The lowest BCUT2D eigenvalue weighted by Crippen LogP contribution is -2.36. The van der Waals surface area contributed by atoms with Crippen LogP contribution >= 0.6 is 0 Å². The quantitative estimate of drug-likeness (QED) is 0.644. The molecule has 0 bridgehead atoms. The Bertz CT molecular complexity index is 493. The van der Waals surface area contributed by atoms with Crippen LogP contribution in [-0.4, -0.2) is 36.3 Å². The number of aliphatic hydroxyl groups is 1. The van der Waals surface area contributed by atoms with Crippen LogP contribution in [0.5, 0.6) is 5.75 Å². The number of hydrogen-bond donors (Lipinski definition) is 1. The van der Waals surface area contributed by atoms with Gasteiger partial charge in [-0.3, -0.25) is 10.1 Å². The van der Waals surface area contributed by atoms with E-state index in [0.717, 1.165) is 38.0 Å². The Morgan fingerprint density at radius 2 is 2.33 bits per heavy atom. The average Bonchev–Trinajstić information content (AvgIpc) is 2.52. The molecule has 0 amide bonds. The molecule has 6 heteroatoms. The summed E-state index contributed by atoms with van der Waals surface area (Å²) >= 11 is 0. The van der Waals surface area contributed by atoms with Crippen molar-refractivity contribution in [2.45, 2.75) is 26.2 Å². The van der Waals surface area contributed by atoms with Gasteiger partial charge < -0.3 is 14.7 Å². The Morgan fingerprint density at radius 3 is 3.00 bits per heavy atom. The van der Waals surface area contributed by atoms with E-state index in [-0.39, 0.29) is 18.2 Å². The highest BCUT2D eigenvalue weighted by Crippen LogP contribution is 2.33. The molecule has 116 valence electrons. The molecule has 1 fully saturated rings. The highest BCUT2D eigenvalue weighted by atomic mass is 16.6. The molecular formula is C15H22N2O4. The van der Waals surface area contributed by atoms with E-state index in [2.05, 4.69) is 4.90 Å². The number of nitro groups is 1. The normalized spacial score (nSPS) is 18.6. The van der Waals surface area contributed by atoms with Crippen molar-refractivity contribution in [1.29, 1.82) is 0 Å². The third-order valence-corrected chi connectivity index (χ3v) is 3.74. The fraction of sp³-hybridized carbons (Fsp3) is 0.600. The van der Waals surface area contributed by atoms with Gasteiger partial charge in [-0.25, -0.2) is 0 Å². The molecule has 1 unspecified atom stereocenters. The first kappa shape index (κ1) is 15.6. The highest BCUT2D eigenvalue weighted by molar-refractivity contribution is 5.59. The maximum Gasteiger partial charge on any atom is 0.311 e. The molecule has 1 atom stereocenters. The minimum absolute atomic E-state index is 0.00270. The van der Waals surface area contributed by atoms with Crippen molar-refractivity contribution in [1.82, 2.24) is 0 Å². The molecule has 21 heavy (non-hydrogen) atoms. The fourth-order valence-electron chi connectivity index (χ4n) is 2.63. The molecule has 0 saturated carbocycles. The second-order valence-corrected chi connectivity index (χ2v) is 5.39. The molecule has 0 aromatic heterocycles. The molecule has 0 aliphatic carbocycles. The van der Waals surface area contributed by atoms with Gasteiger partial charge in [0.25, 0.3) is 0 Å². The van der Waals surface area contributed by atoms with Crippen LogP contribution in [0.25, 0.3) is 0 Å². The first-order valence-electron chi connectivity index (χ1n) is 7.42. The molecule has 1 aromatic rings. The number of piperidine rings is 1. The SMILES string of the molecule is CCCOc1cc(N2CCCC(CO)C2)ccc1[N+](=O)[O-]. The number of nitro benzene ring substituents is 1. The third-order valence-electron chi connectivity index (χ3n) is 3.74. The summed E-state index contributed by atoms with van der Waals surface area (Å²) in [6, 6.07) is 5.01. The van der Waals surface area contributed by atoms with Gasteiger partial charge >= 0.3 is 5.69 Å². The van der Waals surface area contributed by atoms with Crippen molar-refractivity contribution >= 4 is 11.4 Å². The molecule has 0 radical (unpaired) electrons. The van der Waals surface area contributed by atoms with Crippen molar-refractivity contribution in [2.24, 2.45) is 5.92 Å². The van der Waals surface area contributed by atoms with Crippen LogP contribution in [0, 0.1) is 16.0 Å². The summed E-state index contributed by atoms with van der Waals surface area (Å²) in [5.74, 6) is 0.597. The minimum atomic E-state index is -0.415. The van der Waals surface area contributed by atoms with Gasteiger partial charge in [-0.05, 0) is 31.2 Å². The monoisotopic (exact) mass is 294 g/mol. The largest absolute Gasteiger partial charge is 0.487 e. The lowest BCUT2D eigenvalue weighted by atomic mass is 9.98. The standard InChI is InChI=1S/C15H22N2O4/c1-2-8-21-15-9-13(5-6-14(15)17(19)20)16-7-3-4-12(10-16)11-18/h5-6,9,12,18H,2-4,7-8,10-11H2,1H3. The maximum atomic E-state index is 11.0. The minimum Gasteiger partial charge on any atom is -0.487 e. The van der Waals surface area contributed by atoms with E-state index in [0.29, 0.717) is 12.4 Å². The third kappa shape index (κ3) is 3.85. The number of rotatable bonds is 6. The predicted molar refractivity (Wildman–Crippen MR) is 80.9 cm³/mol. The topological polar surface area (TPSA) is 75.8 Å². The molecule has 1 aromatic carbocycles. The molecule has 0 spiro atoms. The van der Waals surface area contributed by atoms with Crippen LogP contribution in [0.15, 0.2) is 18.2 Å². The second-order valence-electron chi connectivity index (χ2n) is 5.39. The molecule has 1 heterocycles. The van der Waals surface area contributed by atoms with Gasteiger partial charge in [0.05, 0.1) is 11.5 Å². The fourth-order valence-corrected chi connectivity index (χ4v) is 2.63. The molecule has 1 aliphatic rings. The van der Waals surface area contributed by atoms with Crippen molar-refractivity contribution in [2.75, 3.05) is 31.2 Å². The molecule has 1 aliphatic heterocycles. The number of benzene rings is 1. The summed E-state index contributed by atoms with van der Waals surface area (Å²) in [5.41, 5.74) is 0.924. The van der Waals surface area contributed by atoms with Crippen LogP contribution < -0.4 is 9.64 Å². The van der Waals surface area contributed by atoms with E-state index in [1.54, 1.807) is 12.1 Å². The predicted octanol–water partition coefficient (Wildman–Crippen LogP) is 2.59. The lowest BCUT2D eigenvalue weighted by Gasteiger charge is -2.33. The van der Waals surface area contributed by atoms with Gasteiger partial charge in [-0.15, -0.1) is 0 Å². The van der Waals surface area contributed by atoms with Gasteiger partial charge in [0.15, 0.2) is 5.75 Å². The first-order chi connectivity index (χ1) is 10.2. The smallest absolute Gasteiger partial charge is 0.311 e. The zero-order valence-corrected chi connectivity index (χ0v) is 12.3. The second kappa shape index (κ2) is 7.26.